The second-order valence-electron chi connectivity index (χ2n) is 6.38. The fourth-order valence-electron chi connectivity index (χ4n) is 2.77. The second kappa shape index (κ2) is 7.57. The van der Waals surface area contributed by atoms with E-state index in [1.165, 1.54) is 5.69 Å². The number of nitrogens with zero attached hydrogens (tertiary/aromatic N) is 5. The normalized spacial score (nSPS) is 11.2. The van der Waals surface area contributed by atoms with E-state index in [1.807, 2.05) is 13.0 Å². The third-order valence-electron chi connectivity index (χ3n) is 4.59. The summed E-state index contributed by atoms with van der Waals surface area (Å²) in [7, 11) is 4.28. The van der Waals surface area contributed by atoms with Gasteiger partial charge in [-0.15, -0.1) is 0 Å². The molecule has 0 saturated heterocycles. The van der Waals surface area contributed by atoms with E-state index >= 15 is 0 Å². The second-order valence-corrected chi connectivity index (χ2v) is 6.38. The molecule has 0 spiro atoms. The Balaban J connectivity index is 1.80. The Bertz CT molecular complexity index is 844. The van der Waals surface area contributed by atoms with Crippen LogP contribution in [0.4, 0.5) is 5.69 Å². The van der Waals surface area contributed by atoms with Crippen molar-refractivity contribution in [2.24, 2.45) is 0 Å². The Hall–Kier alpha value is -2.53. The highest BCUT2D eigenvalue weighted by Gasteiger charge is 2.08. The molecular weight excluding hydrogens is 310 g/mol. The summed E-state index contributed by atoms with van der Waals surface area (Å²) < 4.78 is 0. The van der Waals surface area contributed by atoms with Gasteiger partial charge in [-0.25, -0.2) is 0 Å². The third kappa shape index (κ3) is 3.94. The molecule has 0 radical (unpaired) electrons. The van der Waals surface area contributed by atoms with Gasteiger partial charge in [-0.2, -0.15) is 0 Å². The predicted molar refractivity (Wildman–Crippen MR) is 104 cm³/mol. The van der Waals surface area contributed by atoms with Gasteiger partial charge in [-0.3, -0.25) is 15.0 Å². The van der Waals surface area contributed by atoms with Crippen LogP contribution in [0.5, 0.6) is 0 Å². The Morgan fingerprint density at radius 1 is 0.960 bits per heavy atom. The van der Waals surface area contributed by atoms with Crippen LogP contribution in [0.2, 0.25) is 0 Å². The standard InChI is InChI=1S/C20H25N5/c1-5-24(3)12-13-25(4)17-8-6-16(7-9-17)18-14-19-20(15(2)23-18)22-11-10-21-19/h6-11,14H,5,12-13H2,1-4H3. The maximum absolute atomic E-state index is 4.69. The maximum Gasteiger partial charge on any atom is 0.110 e. The molecule has 2 heterocycles. The van der Waals surface area contributed by atoms with Gasteiger partial charge in [-0.1, -0.05) is 19.1 Å². The monoisotopic (exact) mass is 335 g/mol. The van der Waals surface area contributed by atoms with E-state index in [4.69, 9.17) is 4.98 Å². The zero-order valence-electron chi connectivity index (χ0n) is 15.4. The molecule has 0 aliphatic carbocycles. The number of aromatic nitrogens is 3. The van der Waals surface area contributed by atoms with Crippen LogP contribution in [0.15, 0.2) is 42.7 Å². The lowest BCUT2D eigenvalue weighted by molar-refractivity contribution is 0.360. The van der Waals surface area contributed by atoms with Crippen LogP contribution in [0, 0.1) is 6.92 Å². The average Bonchev–Trinajstić information content (AvgIpc) is 2.66. The largest absolute Gasteiger partial charge is 0.373 e. The lowest BCUT2D eigenvalue weighted by atomic mass is 10.1. The molecule has 25 heavy (non-hydrogen) atoms. The van der Waals surface area contributed by atoms with Crippen molar-refractivity contribution in [3.05, 3.63) is 48.4 Å². The summed E-state index contributed by atoms with van der Waals surface area (Å²) in [5, 5.41) is 0. The van der Waals surface area contributed by atoms with E-state index in [-0.39, 0.29) is 0 Å². The van der Waals surface area contributed by atoms with E-state index < -0.39 is 0 Å². The fraction of sp³-hybridized carbons (Fsp3) is 0.350. The number of aryl methyl sites for hydroxylation is 1. The highest BCUT2D eigenvalue weighted by atomic mass is 15.2. The molecule has 0 atom stereocenters. The topological polar surface area (TPSA) is 45.2 Å². The van der Waals surface area contributed by atoms with Gasteiger partial charge >= 0.3 is 0 Å². The zero-order chi connectivity index (χ0) is 17.8. The van der Waals surface area contributed by atoms with E-state index in [0.29, 0.717) is 0 Å². The SMILES string of the molecule is CCN(C)CCN(C)c1ccc(-c2cc3nccnc3c(C)n2)cc1. The van der Waals surface area contributed by atoms with Crippen LogP contribution in [-0.4, -0.2) is 53.6 Å². The Labute approximate surface area is 149 Å². The highest BCUT2D eigenvalue weighted by molar-refractivity contribution is 5.81. The van der Waals surface area contributed by atoms with Crippen molar-refractivity contribution >= 4 is 16.7 Å². The summed E-state index contributed by atoms with van der Waals surface area (Å²) in [6.45, 7) is 7.29. The number of hydrogen-bond acceptors (Lipinski definition) is 5. The number of hydrogen-bond donors (Lipinski definition) is 0. The van der Waals surface area contributed by atoms with Crippen molar-refractivity contribution in [2.75, 3.05) is 38.6 Å². The van der Waals surface area contributed by atoms with Gasteiger partial charge in [0.25, 0.3) is 0 Å². The number of anilines is 1. The van der Waals surface area contributed by atoms with Crippen LogP contribution in [0.25, 0.3) is 22.3 Å². The fourth-order valence-corrected chi connectivity index (χ4v) is 2.77. The molecule has 3 rings (SSSR count). The first kappa shape index (κ1) is 17.3. The molecule has 1 aromatic carbocycles. The minimum Gasteiger partial charge on any atom is -0.373 e. The maximum atomic E-state index is 4.69. The molecule has 5 nitrogen and oxygen atoms in total. The molecule has 0 unspecified atom stereocenters. The van der Waals surface area contributed by atoms with E-state index in [0.717, 1.165) is 47.6 Å². The van der Waals surface area contributed by atoms with Gasteiger partial charge in [0.1, 0.15) is 5.52 Å². The van der Waals surface area contributed by atoms with Crippen LogP contribution in [0.1, 0.15) is 12.6 Å². The Morgan fingerprint density at radius 3 is 2.40 bits per heavy atom. The van der Waals surface area contributed by atoms with Gasteiger partial charge < -0.3 is 9.80 Å². The molecule has 0 N–H and O–H groups in total. The molecule has 0 fully saturated rings. The Morgan fingerprint density at radius 2 is 1.68 bits per heavy atom. The summed E-state index contributed by atoms with van der Waals surface area (Å²) in [6, 6.07) is 10.6. The number of benzene rings is 1. The number of likely N-dealkylation sites (N-methyl/N-ethyl adjacent to an activating group) is 2. The van der Waals surface area contributed by atoms with Crippen molar-refractivity contribution in [3.63, 3.8) is 0 Å². The Kier molecular flexibility index (Phi) is 5.24. The molecule has 3 aromatic rings. The first-order valence-corrected chi connectivity index (χ1v) is 8.67. The van der Waals surface area contributed by atoms with Crippen LogP contribution in [0.3, 0.4) is 0 Å². The van der Waals surface area contributed by atoms with Gasteiger partial charge in [0.05, 0.1) is 16.9 Å². The summed E-state index contributed by atoms with van der Waals surface area (Å²) in [5.74, 6) is 0. The summed E-state index contributed by atoms with van der Waals surface area (Å²) >= 11 is 0. The molecule has 0 aliphatic rings. The zero-order valence-corrected chi connectivity index (χ0v) is 15.4. The van der Waals surface area contributed by atoms with Crippen molar-refractivity contribution in [1.29, 1.82) is 0 Å². The van der Waals surface area contributed by atoms with Crippen LogP contribution < -0.4 is 4.90 Å². The predicted octanol–water partition coefficient (Wildman–Crippen LogP) is 3.39. The number of fused-ring (bicyclic) bond motifs is 1. The average molecular weight is 335 g/mol. The van der Waals surface area contributed by atoms with Crippen LogP contribution in [-0.2, 0) is 0 Å². The van der Waals surface area contributed by atoms with Gasteiger partial charge in [0, 0.05) is 43.8 Å². The minimum atomic E-state index is 0.864. The van der Waals surface area contributed by atoms with Gasteiger partial charge in [0.2, 0.25) is 0 Å². The van der Waals surface area contributed by atoms with Crippen molar-refractivity contribution in [3.8, 4) is 11.3 Å². The number of pyridine rings is 1. The number of rotatable bonds is 6. The summed E-state index contributed by atoms with van der Waals surface area (Å²) in [5.41, 5.74) is 5.90. The summed E-state index contributed by atoms with van der Waals surface area (Å²) in [6.07, 6.45) is 3.42. The van der Waals surface area contributed by atoms with Crippen molar-refractivity contribution in [2.45, 2.75) is 13.8 Å². The smallest absolute Gasteiger partial charge is 0.110 e. The molecule has 0 aliphatic heterocycles. The van der Waals surface area contributed by atoms with Gasteiger partial charge in [0.15, 0.2) is 0 Å². The molecular formula is C20H25N5. The van der Waals surface area contributed by atoms with E-state index in [1.54, 1.807) is 12.4 Å². The molecule has 130 valence electrons. The summed E-state index contributed by atoms with van der Waals surface area (Å²) in [4.78, 5) is 18.1. The third-order valence-corrected chi connectivity index (χ3v) is 4.59. The molecule has 0 bridgehead atoms. The lowest BCUT2D eigenvalue weighted by Gasteiger charge is -2.23. The van der Waals surface area contributed by atoms with Crippen molar-refractivity contribution < 1.29 is 0 Å². The minimum absolute atomic E-state index is 0.864. The first-order chi connectivity index (χ1) is 12.1. The van der Waals surface area contributed by atoms with Crippen LogP contribution >= 0.6 is 0 Å². The first-order valence-electron chi connectivity index (χ1n) is 8.67. The molecule has 2 aromatic heterocycles. The van der Waals surface area contributed by atoms with E-state index in [9.17, 15) is 0 Å². The quantitative estimate of drug-likeness (QED) is 0.691. The molecule has 5 heteroatoms. The van der Waals surface area contributed by atoms with Gasteiger partial charge in [-0.05, 0) is 38.7 Å². The lowest BCUT2D eigenvalue weighted by Crippen LogP contribution is -2.30. The van der Waals surface area contributed by atoms with Crippen molar-refractivity contribution in [1.82, 2.24) is 19.9 Å². The highest BCUT2D eigenvalue weighted by Crippen LogP contribution is 2.24. The van der Waals surface area contributed by atoms with E-state index in [2.05, 4.69) is 65.1 Å². The molecule has 0 saturated carbocycles. The molecule has 0 amide bonds.